The van der Waals surface area contributed by atoms with Gasteiger partial charge in [0.15, 0.2) is 5.82 Å². The smallest absolute Gasteiger partial charge is 0.219 e. The first-order valence-electron chi connectivity index (χ1n) is 9.17. The third-order valence-electron chi connectivity index (χ3n) is 5.21. The number of fused-ring (bicyclic) bond motifs is 1. The molecule has 0 N–H and O–H groups in total. The second-order valence-corrected chi connectivity index (χ2v) is 6.94. The highest BCUT2D eigenvalue weighted by molar-refractivity contribution is 5.84. The van der Waals surface area contributed by atoms with E-state index >= 15 is 0 Å². The summed E-state index contributed by atoms with van der Waals surface area (Å²) in [5, 5.41) is 0.529. The summed E-state index contributed by atoms with van der Waals surface area (Å²) in [7, 11) is 1.85. The highest BCUT2D eigenvalue weighted by Crippen LogP contribution is 2.31. The fourth-order valence-corrected chi connectivity index (χ4v) is 3.50. The zero-order chi connectivity index (χ0) is 19.7. The first kappa shape index (κ1) is 18.2. The van der Waals surface area contributed by atoms with Gasteiger partial charge in [-0.3, -0.25) is 14.8 Å². The Morgan fingerprint density at radius 3 is 2.79 bits per heavy atom. The Hall–Kier alpha value is -3.22. The van der Waals surface area contributed by atoms with Crippen molar-refractivity contribution in [2.24, 2.45) is 0 Å². The zero-order valence-corrected chi connectivity index (χ0v) is 15.8. The molecule has 1 aliphatic heterocycles. The zero-order valence-electron chi connectivity index (χ0n) is 15.8. The summed E-state index contributed by atoms with van der Waals surface area (Å²) in [6.07, 6.45) is 5.16. The Kier molecular flexibility index (Phi) is 4.81. The number of rotatable bonds is 4. The van der Waals surface area contributed by atoms with Crippen molar-refractivity contribution < 1.29 is 13.9 Å². The molecule has 144 valence electrons. The van der Waals surface area contributed by atoms with Gasteiger partial charge in [-0.1, -0.05) is 0 Å². The van der Waals surface area contributed by atoms with Gasteiger partial charge in [0.1, 0.15) is 17.0 Å². The van der Waals surface area contributed by atoms with Crippen LogP contribution in [0, 0.1) is 5.82 Å². The summed E-state index contributed by atoms with van der Waals surface area (Å²) in [6.45, 7) is 3.32. The molecule has 6 nitrogen and oxygen atoms in total. The van der Waals surface area contributed by atoms with Crippen LogP contribution in [0.1, 0.15) is 13.3 Å². The molecule has 1 aliphatic rings. The van der Waals surface area contributed by atoms with Gasteiger partial charge in [0.2, 0.25) is 5.91 Å². The third-order valence-corrected chi connectivity index (χ3v) is 5.21. The summed E-state index contributed by atoms with van der Waals surface area (Å²) < 4.78 is 19.8. The van der Waals surface area contributed by atoms with E-state index in [2.05, 4.69) is 14.9 Å². The number of carbonyl (C=O) groups is 1. The SMILES string of the molecule is CC(=O)N(C)[C@@H]1CCN(c2ccc(Oc3ccnc4c(F)cncc34)cc2)C1. The summed E-state index contributed by atoms with van der Waals surface area (Å²) in [6, 6.07) is 9.69. The van der Waals surface area contributed by atoms with E-state index in [1.54, 1.807) is 24.1 Å². The van der Waals surface area contributed by atoms with Crippen LogP contribution in [0.5, 0.6) is 11.5 Å². The standard InChI is InChI=1S/C21H21FN4O2/c1-14(27)25(2)16-8-10-26(13-16)15-3-5-17(6-4-15)28-20-7-9-24-21-18(20)11-23-12-19(21)22/h3-7,9,11-12,16H,8,10,13H2,1-2H3/t16-/m1/s1. The number of pyridine rings is 2. The van der Waals surface area contributed by atoms with Crippen molar-refractivity contribution >= 4 is 22.5 Å². The molecule has 0 aliphatic carbocycles. The molecule has 0 radical (unpaired) electrons. The summed E-state index contributed by atoms with van der Waals surface area (Å²) in [4.78, 5) is 23.6. The van der Waals surface area contributed by atoms with Crippen LogP contribution in [0.25, 0.3) is 10.9 Å². The number of carbonyl (C=O) groups excluding carboxylic acids is 1. The minimum Gasteiger partial charge on any atom is -0.457 e. The molecule has 0 saturated carbocycles. The number of halogens is 1. The minimum atomic E-state index is -0.475. The van der Waals surface area contributed by atoms with Gasteiger partial charge < -0.3 is 14.5 Å². The number of amides is 1. The van der Waals surface area contributed by atoms with Crippen molar-refractivity contribution in [3.63, 3.8) is 0 Å². The molecule has 1 atom stereocenters. The van der Waals surface area contributed by atoms with E-state index in [0.29, 0.717) is 16.9 Å². The van der Waals surface area contributed by atoms with Gasteiger partial charge in [0.25, 0.3) is 0 Å². The molecule has 3 heterocycles. The predicted molar refractivity (Wildman–Crippen MR) is 105 cm³/mol. The van der Waals surface area contributed by atoms with Crippen molar-refractivity contribution in [3.05, 3.63) is 54.7 Å². The Morgan fingerprint density at radius 1 is 1.25 bits per heavy atom. The number of aromatic nitrogens is 2. The van der Waals surface area contributed by atoms with E-state index in [4.69, 9.17) is 4.74 Å². The average molecular weight is 380 g/mol. The number of anilines is 1. The second-order valence-electron chi connectivity index (χ2n) is 6.94. The van der Waals surface area contributed by atoms with Crippen LogP contribution < -0.4 is 9.64 Å². The minimum absolute atomic E-state index is 0.0890. The molecular weight excluding hydrogens is 359 g/mol. The molecule has 1 aromatic carbocycles. The maximum atomic E-state index is 13.9. The number of benzene rings is 1. The van der Waals surface area contributed by atoms with Crippen LogP contribution in [0.4, 0.5) is 10.1 Å². The van der Waals surface area contributed by atoms with Crippen LogP contribution in [0.2, 0.25) is 0 Å². The number of hydrogen-bond donors (Lipinski definition) is 0. The maximum Gasteiger partial charge on any atom is 0.219 e. The van der Waals surface area contributed by atoms with E-state index in [0.717, 1.165) is 31.4 Å². The topological polar surface area (TPSA) is 58.6 Å². The Bertz CT molecular complexity index is 1010. The molecule has 0 spiro atoms. The van der Waals surface area contributed by atoms with E-state index in [-0.39, 0.29) is 17.5 Å². The molecule has 1 amide bonds. The molecule has 1 saturated heterocycles. The van der Waals surface area contributed by atoms with E-state index < -0.39 is 5.82 Å². The molecule has 1 fully saturated rings. The maximum absolute atomic E-state index is 13.9. The fraction of sp³-hybridized carbons (Fsp3) is 0.286. The van der Waals surface area contributed by atoms with Crippen LogP contribution in [0.3, 0.4) is 0 Å². The van der Waals surface area contributed by atoms with Crippen LogP contribution in [0.15, 0.2) is 48.9 Å². The lowest BCUT2D eigenvalue weighted by molar-refractivity contribution is -0.129. The second kappa shape index (κ2) is 7.42. The van der Waals surface area contributed by atoms with Gasteiger partial charge in [-0.2, -0.15) is 0 Å². The summed E-state index contributed by atoms with van der Waals surface area (Å²) >= 11 is 0. The highest BCUT2D eigenvalue weighted by atomic mass is 19.1. The molecular formula is C21H21FN4O2. The molecule has 0 unspecified atom stereocenters. The van der Waals surface area contributed by atoms with Crippen LogP contribution in [-0.2, 0) is 4.79 Å². The number of hydrogen-bond acceptors (Lipinski definition) is 5. The van der Waals surface area contributed by atoms with Crippen LogP contribution in [-0.4, -0.2) is 47.0 Å². The van der Waals surface area contributed by atoms with Crippen molar-refractivity contribution in [2.75, 3.05) is 25.0 Å². The van der Waals surface area contributed by atoms with Crippen molar-refractivity contribution in [2.45, 2.75) is 19.4 Å². The number of nitrogens with zero attached hydrogens (tertiary/aromatic N) is 4. The van der Waals surface area contributed by atoms with Crippen molar-refractivity contribution in [3.8, 4) is 11.5 Å². The molecule has 28 heavy (non-hydrogen) atoms. The monoisotopic (exact) mass is 380 g/mol. The third kappa shape index (κ3) is 3.47. The van der Waals surface area contributed by atoms with Gasteiger partial charge >= 0.3 is 0 Å². The van der Waals surface area contributed by atoms with Gasteiger partial charge in [-0.05, 0) is 36.8 Å². The van der Waals surface area contributed by atoms with Crippen molar-refractivity contribution in [1.29, 1.82) is 0 Å². The summed E-state index contributed by atoms with van der Waals surface area (Å²) in [5.41, 5.74) is 1.32. The Balaban J connectivity index is 1.49. The lowest BCUT2D eigenvalue weighted by Crippen LogP contribution is -2.37. The van der Waals surface area contributed by atoms with Gasteiger partial charge in [0.05, 0.1) is 17.6 Å². The lowest BCUT2D eigenvalue weighted by atomic mass is 10.2. The molecule has 4 rings (SSSR count). The first-order chi connectivity index (χ1) is 13.5. The van der Waals surface area contributed by atoms with Crippen molar-refractivity contribution in [1.82, 2.24) is 14.9 Å². The molecule has 3 aromatic rings. The fourth-order valence-electron chi connectivity index (χ4n) is 3.50. The quantitative estimate of drug-likeness (QED) is 0.692. The van der Waals surface area contributed by atoms with Gasteiger partial charge in [-0.15, -0.1) is 0 Å². The number of likely N-dealkylation sites (N-methyl/N-ethyl adjacent to an activating group) is 1. The van der Waals surface area contributed by atoms with Gasteiger partial charge in [-0.25, -0.2) is 4.39 Å². The van der Waals surface area contributed by atoms with Crippen LogP contribution >= 0.6 is 0 Å². The normalized spacial score (nSPS) is 16.4. The largest absolute Gasteiger partial charge is 0.457 e. The summed E-state index contributed by atoms with van der Waals surface area (Å²) in [5.74, 6) is 0.773. The Morgan fingerprint density at radius 2 is 2.04 bits per heavy atom. The predicted octanol–water partition coefficient (Wildman–Crippen LogP) is 3.62. The van der Waals surface area contributed by atoms with E-state index in [9.17, 15) is 9.18 Å². The average Bonchev–Trinajstić information content (AvgIpc) is 3.19. The lowest BCUT2D eigenvalue weighted by Gasteiger charge is -2.24. The number of ether oxygens (including phenoxy) is 1. The Labute approximate surface area is 162 Å². The van der Waals surface area contributed by atoms with E-state index in [1.165, 1.54) is 6.20 Å². The van der Waals surface area contributed by atoms with Gasteiger partial charge in [0, 0.05) is 45.1 Å². The molecule has 0 bridgehead atoms. The highest BCUT2D eigenvalue weighted by Gasteiger charge is 2.27. The molecule has 7 heteroatoms. The first-order valence-corrected chi connectivity index (χ1v) is 9.17. The van der Waals surface area contributed by atoms with E-state index in [1.807, 2.05) is 31.3 Å². The molecule has 2 aromatic heterocycles.